The Morgan fingerprint density at radius 1 is 1.12 bits per heavy atom. The number of hydrogen-bond acceptors (Lipinski definition) is 6. The molecule has 10 heteroatoms. The van der Waals surface area contributed by atoms with Gasteiger partial charge in [0, 0.05) is 48.5 Å². The minimum absolute atomic E-state index is 0.121. The zero-order valence-corrected chi connectivity index (χ0v) is 20.3. The molecule has 1 unspecified atom stereocenters. The van der Waals surface area contributed by atoms with Gasteiger partial charge in [0.25, 0.3) is 5.91 Å². The van der Waals surface area contributed by atoms with Crippen molar-refractivity contribution in [2.45, 2.75) is 13.0 Å². The first-order valence-corrected chi connectivity index (χ1v) is 11.5. The van der Waals surface area contributed by atoms with Gasteiger partial charge in [0.05, 0.1) is 22.5 Å². The van der Waals surface area contributed by atoms with Crippen molar-refractivity contribution in [2.75, 3.05) is 39.0 Å². The average Bonchev–Trinajstić information content (AvgIpc) is 2.82. The van der Waals surface area contributed by atoms with Crippen molar-refractivity contribution < 1.29 is 13.9 Å². The third-order valence-electron chi connectivity index (χ3n) is 5.76. The van der Waals surface area contributed by atoms with E-state index in [1.54, 1.807) is 36.2 Å². The molecular formula is C24H24Cl2FN5O2. The first-order valence-electron chi connectivity index (χ1n) is 10.7. The first kappa shape index (κ1) is 24.2. The molecule has 178 valence electrons. The highest BCUT2D eigenvalue weighted by Gasteiger charge is 2.26. The van der Waals surface area contributed by atoms with Crippen molar-refractivity contribution in [2.24, 2.45) is 0 Å². The molecule has 1 amide bonds. The van der Waals surface area contributed by atoms with E-state index in [1.807, 2.05) is 7.05 Å². The number of hydrogen-bond donors (Lipinski definition) is 1. The van der Waals surface area contributed by atoms with Gasteiger partial charge in [0.1, 0.15) is 17.7 Å². The van der Waals surface area contributed by atoms with Gasteiger partial charge in [-0.1, -0.05) is 23.2 Å². The molecule has 34 heavy (non-hydrogen) atoms. The number of carbonyl (C=O) groups excluding carboxylic acids is 1. The summed E-state index contributed by atoms with van der Waals surface area (Å²) in [6.45, 7) is 4.41. The molecule has 0 spiro atoms. The van der Waals surface area contributed by atoms with E-state index in [0.29, 0.717) is 41.3 Å². The van der Waals surface area contributed by atoms with Crippen molar-refractivity contribution in [3.05, 3.63) is 69.7 Å². The van der Waals surface area contributed by atoms with Gasteiger partial charge >= 0.3 is 0 Å². The number of anilines is 1. The fourth-order valence-corrected chi connectivity index (χ4v) is 4.44. The number of ether oxygens (including phenoxy) is 1. The topological polar surface area (TPSA) is 84.6 Å². The van der Waals surface area contributed by atoms with Crippen LogP contribution in [0.1, 0.15) is 28.9 Å². The third-order valence-corrected chi connectivity index (χ3v) is 6.47. The van der Waals surface area contributed by atoms with Gasteiger partial charge in [-0.15, -0.1) is 0 Å². The Bertz CT molecular complexity index is 1200. The molecule has 1 atom stereocenters. The Hall–Kier alpha value is -2.94. The molecule has 1 aliphatic rings. The Morgan fingerprint density at radius 2 is 1.85 bits per heavy atom. The van der Waals surface area contributed by atoms with Crippen LogP contribution in [0.25, 0.3) is 11.3 Å². The molecule has 1 fully saturated rings. The lowest BCUT2D eigenvalue weighted by molar-refractivity contribution is 0.0657. The number of aromatic nitrogens is 2. The smallest absolute Gasteiger partial charge is 0.257 e. The van der Waals surface area contributed by atoms with Gasteiger partial charge in [-0.3, -0.25) is 9.78 Å². The average molecular weight is 504 g/mol. The normalized spacial score (nSPS) is 15.3. The fraction of sp³-hybridized carbons (Fsp3) is 0.292. The highest BCUT2D eigenvalue weighted by atomic mass is 35.5. The maximum Gasteiger partial charge on any atom is 0.257 e. The van der Waals surface area contributed by atoms with Gasteiger partial charge in [-0.25, -0.2) is 9.37 Å². The molecule has 3 aromatic rings. The number of nitrogens with zero attached hydrogens (tertiary/aromatic N) is 4. The monoisotopic (exact) mass is 503 g/mol. The van der Waals surface area contributed by atoms with Crippen LogP contribution in [0.15, 0.2) is 42.7 Å². The van der Waals surface area contributed by atoms with E-state index in [1.165, 1.54) is 18.3 Å². The van der Waals surface area contributed by atoms with Crippen LogP contribution in [-0.2, 0) is 0 Å². The zero-order chi connectivity index (χ0) is 24.4. The minimum Gasteiger partial charge on any atom is -0.483 e. The summed E-state index contributed by atoms with van der Waals surface area (Å²) >= 11 is 12.4. The Morgan fingerprint density at radius 3 is 2.53 bits per heavy atom. The summed E-state index contributed by atoms with van der Waals surface area (Å²) in [5.74, 6) is -0.150. The van der Waals surface area contributed by atoms with Crippen LogP contribution in [-0.4, -0.2) is 58.9 Å². The highest BCUT2D eigenvalue weighted by molar-refractivity contribution is 6.36. The molecule has 3 heterocycles. The number of amides is 1. The van der Waals surface area contributed by atoms with Crippen molar-refractivity contribution in [3.63, 3.8) is 0 Å². The molecule has 0 bridgehead atoms. The lowest BCUT2D eigenvalue weighted by Gasteiger charge is -2.33. The second kappa shape index (κ2) is 10.1. The van der Waals surface area contributed by atoms with Crippen molar-refractivity contribution >= 4 is 34.9 Å². The second-order valence-electron chi connectivity index (χ2n) is 8.15. The summed E-state index contributed by atoms with van der Waals surface area (Å²) in [4.78, 5) is 26.0. The molecule has 4 rings (SSSR count). The predicted molar refractivity (Wildman–Crippen MR) is 131 cm³/mol. The summed E-state index contributed by atoms with van der Waals surface area (Å²) in [5.41, 5.74) is 7.58. The molecule has 0 radical (unpaired) electrons. The summed E-state index contributed by atoms with van der Waals surface area (Å²) in [7, 11) is 2.02. The van der Waals surface area contributed by atoms with E-state index in [-0.39, 0.29) is 21.7 Å². The molecule has 1 aliphatic heterocycles. The molecule has 2 aromatic heterocycles. The summed E-state index contributed by atoms with van der Waals surface area (Å²) in [6, 6.07) is 7.73. The number of carbonyl (C=O) groups is 1. The van der Waals surface area contributed by atoms with Crippen LogP contribution in [0, 0.1) is 5.82 Å². The van der Waals surface area contributed by atoms with Gasteiger partial charge in [0.15, 0.2) is 5.75 Å². The quantitative estimate of drug-likeness (QED) is 0.508. The van der Waals surface area contributed by atoms with E-state index >= 15 is 0 Å². The Kier molecular flexibility index (Phi) is 7.21. The van der Waals surface area contributed by atoms with E-state index in [4.69, 9.17) is 33.7 Å². The molecule has 7 nitrogen and oxygen atoms in total. The van der Waals surface area contributed by atoms with Crippen molar-refractivity contribution in [3.8, 4) is 17.0 Å². The van der Waals surface area contributed by atoms with Gasteiger partial charge in [0.2, 0.25) is 0 Å². The number of nitrogens with two attached hydrogens (primary N) is 1. The number of rotatable bonds is 5. The number of halogens is 3. The highest BCUT2D eigenvalue weighted by Crippen LogP contribution is 2.36. The second-order valence-corrected chi connectivity index (χ2v) is 8.94. The lowest BCUT2D eigenvalue weighted by Crippen LogP contribution is -2.47. The van der Waals surface area contributed by atoms with Crippen LogP contribution in [0.5, 0.6) is 5.75 Å². The third kappa shape index (κ3) is 5.09. The molecule has 1 aromatic carbocycles. The first-order chi connectivity index (χ1) is 16.2. The van der Waals surface area contributed by atoms with Gasteiger partial charge in [-0.2, -0.15) is 0 Å². The molecular weight excluding hydrogens is 480 g/mol. The lowest BCUT2D eigenvalue weighted by atomic mass is 10.1. The number of pyridine rings is 2. The van der Waals surface area contributed by atoms with Crippen LogP contribution in [0.3, 0.4) is 0 Å². The van der Waals surface area contributed by atoms with Crippen LogP contribution >= 0.6 is 23.2 Å². The number of nitrogen functional groups attached to an aromatic ring is 1. The van der Waals surface area contributed by atoms with Crippen molar-refractivity contribution in [1.82, 2.24) is 19.8 Å². The standard InChI is InChI=1S/C24H24Cl2FN5O2/c1-14(22-17(25)4-5-18(27)23(22)26)34-20-13-29-19(15-3-6-21(28)30-12-15)11-16(20)24(33)32-9-7-31(2)8-10-32/h3-6,11-14H,7-10H2,1-2H3,(H2,28,30). The minimum atomic E-state index is -0.736. The zero-order valence-electron chi connectivity index (χ0n) is 18.8. The van der Waals surface area contributed by atoms with E-state index < -0.39 is 11.9 Å². The van der Waals surface area contributed by atoms with Crippen molar-refractivity contribution in [1.29, 1.82) is 0 Å². The summed E-state index contributed by atoms with van der Waals surface area (Å²) in [6.07, 6.45) is 2.34. The predicted octanol–water partition coefficient (Wildman–Crippen LogP) is 4.70. The van der Waals surface area contributed by atoms with Gasteiger partial charge in [-0.05, 0) is 44.3 Å². The Labute approximate surface area is 207 Å². The van der Waals surface area contributed by atoms with Crippen LogP contribution in [0.4, 0.5) is 10.2 Å². The molecule has 0 saturated carbocycles. The van der Waals surface area contributed by atoms with E-state index in [9.17, 15) is 9.18 Å². The maximum absolute atomic E-state index is 14.1. The van der Waals surface area contributed by atoms with E-state index in [2.05, 4.69) is 14.9 Å². The van der Waals surface area contributed by atoms with Crippen LogP contribution < -0.4 is 10.5 Å². The molecule has 2 N–H and O–H groups in total. The Balaban J connectivity index is 1.71. The van der Waals surface area contributed by atoms with Gasteiger partial charge < -0.3 is 20.3 Å². The molecule has 1 saturated heterocycles. The summed E-state index contributed by atoms with van der Waals surface area (Å²) in [5, 5.41) is 0.146. The number of benzene rings is 1. The summed E-state index contributed by atoms with van der Waals surface area (Å²) < 4.78 is 20.2. The van der Waals surface area contributed by atoms with E-state index in [0.717, 1.165) is 13.1 Å². The number of piperazine rings is 1. The molecule has 0 aliphatic carbocycles. The maximum atomic E-state index is 14.1. The fourth-order valence-electron chi connectivity index (χ4n) is 3.76. The number of likely N-dealkylation sites (N-methyl/N-ethyl adjacent to an activating group) is 1. The SMILES string of the molecule is CC(Oc1cnc(-c2ccc(N)nc2)cc1C(=O)N1CCN(C)CC1)c1c(Cl)ccc(F)c1Cl. The van der Waals surface area contributed by atoms with Crippen LogP contribution in [0.2, 0.25) is 10.0 Å². The largest absolute Gasteiger partial charge is 0.483 e.